The van der Waals surface area contributed by atoms with E-state index >= 15 is 0 Å². The fourth-order valence-electron chi connectivity index (χ4n) is 3.26. The van der Waals surface area contributed by atoms with Crippen LogP contribution < -0.4 is 15.4 Å². The quantitative estimate of drug-likeness (QED) is 0.862. The molecule has 2 aromatic rings. The highest BCUT2D eigenvalue weighted by Crippen LogP contribution is 2.31. The van der Waals surface area contributed by atoms with E-state index in [4.69, 9.17) is 4.74 Å². The molecule has 0 spiro atoms. The Morgan fingerprint density at radius 3 is 2.76 bits per heavy atom. The number of methoxy groups -OCH3 is 1. The van der Waals surface area contributed by atoms with Crippen molar-refractivity contribution < 1.29 is 9.53 Å². The molecule has 0 aromatic heterocycles. The van der Waals surface area contributed by atoms with Crippen LogP contribution in [0, 0.1) is 5.92 Å². The summed E-state index contributed by atoms with van der Waals surface area (Å²) in [5.41, 5.74) is 2.88. The summed E-state index contributed by atoms with van der Waals surface area (Å²) in [5, 5.41) is 6.45. The number of ether oxygens (including phenoxy) is 1. The Morgan fingerprint density at radius 2 is 2.00 bits per heavy atom. The second kappa shape index (κ2) is 8.88. The first-order valence-electron chi connectivity index (χ1n) is 8.45. The predicted octanol–water partition coefficient (Wildman–Crippen LogP) is 4.11. The molecule has 2 aromatic carbocycles. The lowest BCUT2D eigenvalue weighted by Crippen LogP contribution is -2.40. The van der Waals surface area contributed by atoms with Crippen molar-refractivity contribution in [1.82, 2.24) is 5.32 Å². The van der Waals surface area contributed by atoms with Crippen molar-refractivity contribution >= 4 is 24.0 Å². The van der Waals surface area contributed by atoms with Gasteiger partial charge in [0.1, 0.15) is 5.75 Å². The lowest BCUT2D eigenvalue weighted by molar-refractivity contribution is -0.120. The van der Waals surface area contributed by atoms with Crippen molar-refractivity contribution in [2.45, 2.75) is 25.8 Å². The Balaban J connectivity index is 0.00000225. The normalized spacial score (nSPS) is 19.6. The van der Waals surface area contributed by atoms with Gasteiger partial charge in [-0.2, -0.15) is 0 Å². The number of rotatable bonds is 4. The van der Waals surface area contributed by atoms with Crippen LogP contribution in [-0.2, 0) is 4.79 Å². The third-order valence-corrected chi connectivity index (χ3v) is 4.54. The maximum atomic E-state index is 12.5. The van der Waals surface area contributed by atoms with Gasteiger partial charge in [0.05, 0.1) is 7.11 Å². The van der Waals surface area contributed by atoms with E-state index in [0.29, 0.717) is 6.04 Å². The molecule has 0 saturated carbocycles. The number of piperidine rings is 1. The summed E-state index contributed by atoms with van der Waals surface area (Å²) >= 11 is 0. The molecule has 0 unspecified atom stereocenters. The number of carbonyl (C=O) groups is 1. The van der Waals surface area contributed by atoms with E-state index in [1.54, 1.807) is 7.11 Å². The monoisotopic (exact) mass is 360 g/mol. The molecular formula is C20H25ClN2O2. The summed E-state index contributed by atoms with van der Waals surface area (Å²) in [6, 6.07) is 16.2. The molecule has 1 heterocycles. The Hall–Kier alpha value is -2.04. The van der Waals surface area contributed by atoms with E-state index in [9.17, 15) is 4.79 Å². The first-order valence-corrected chi connectivity index (χ1v) is 8.45. The molecular weight excluding hydrogens is 336 g/mol. The van der Waals surface area contributed by atoms with Gasteiger partial charge in [-0.3, -0.25) is 4.79 Å². The molecule has 2 N–H and O–H groups in total. The zero-order valence-corrected chi connectivity index (χ0v) is 15.4. The topological polar surface area (TPSA) is 50.4 Å². The van der Waals surface area contributed by atoms with Crippen molar-refractivity contribution in [3.63, 3.8) is 0 Å². The van der Waals surface area contributed by atoms with Crippen LogP contribution >= 0.6 is 12.4 Å². The Bertz CT molecular complexity index is 720. The molecule has 1 aliphatic rings. The van der Waals surface area contributed by atoms with Gasteiger partial charge < -0.3 is 15.4 Å². The van der Waals surface area contributed by atoms with E-state index in [2.05, 4.69) is 17.6 Å². The van der Waals surface area contributed by atoms with Crippen molar-refractivity contribution in [1.29, 1.82) is 0 Å². The Kier molecular flexibility index (Phi) is 6.85. The van der Waals surface area contributed by atoms with Crippen molar-refractivity contribution in [3.05, 3.63) is 48.5 Å². The first-order chi connectivity index (χ1) is 11.7. The molecule has 0 bridgehead atoms. The average molecular weight is 361 g/mol. The van der Waals surface area contributed by atoms with Gasteiger partial charge in [0.2, 0.25) is 5.91 Å². The van der Waals surface area contributed by atoms with Crippen LogP contribution in [-0.4, -0.2) is 25.6 Å². The van der Waals surface area contributed by atoms with Gasteiger partial charge in [0, 0.05) is 23.2 Å². The molecule has 1 amide bonds. The summed E-state index contributed by atoms with van der Waals surface area (Å²) < 4.78 is 5.43. The summed E-state index contributed by atoms with van der Waals surface area (Å²) in [6.07, 6.45) is 1.78. The van der Waals surface area contributed by atoms with Gasteiger partial charge in [-0.1, -0.05) is 30.3 Å². The lowest BCUT2D eigenvalue weighted by atomic mass is 9.92. The average Bonchev–Trinajstić information content (AvgIpc) is 2.62. The number of anilines is 1. The number of amides is 1. The third kappa shape index (κ3) is 4.74. The standard InChI is InChI=1S/C20H24N2O2.ClH/c1-14-12-16(10-11-21-14)20(23)22-17-7-5-6-15(13-17)18-8-3-4-9-19(18)24-2;/h3-9,13-14,16,21H,10-12H2,1-2H3,(H,22,23);1H/t14-,16-;/m0./s1. The summed E-state index contributed by atoms with van der Waals surface area (Å²) in [5.74, 6) is 1.02. The highest BCUT2D eigenvalue weighted by atomic mass is 35.5. The molecule has 0 radical (unpaired) electrons. The van der Waals surface area contributed by atoms with Gasteiger partial charge in [-0.25, -0.2) is 0 Å². The molecule has 134 valence electrons. The minimum absolute atomic E-state index is 0. The largest absolute Gasteiger partial charge is 0.496 e. The van der Waals surface area contributed by atoms with Crippen molar-refractivity contribution in [2.75, 3.05) is 19.0 Å². The smallest absolute Gasteiger partial charge is 0.227 e. The van der Waals surface area contributed by atoms with Gasteiger partial charge in [0.15, 0.2) is 0 Å². The first kappa shape index (κ1) is 19.3. The fourth-order valence-corrected chi connectivity index (χ4v) is 3.26. The second-order valence-corrected chi connectivity index (χ2v) is 6.35. The fraction of sp³-hybridized carbons (Fsp3) is 0.350. The zero-order chi connectivity index (χ0) is 16.9. The number of nitrogens with one attached hydrogen (secondary N) is 2. The summed E-state index contributed by atoms with van der Waals surface area (Å²) in [7, 11) is 1.67. The van der Waals surface area contributed by atoms with Crippen LogP contribution in [0.25, 0.3) is 11.1 Å². The maximum absolute atomic E-state index is 12.5. The molecule has 1 fully saturated rings. The minimum Gasteiger partial charge on any atom is -0.496 e. The van der Waals surface area contributed by atoms with Crippen molar-refractivity contribution in [2.24, 2.45) is 5.92 Å². The van der Waals surface area contributed by atoms with E-state index in [-0.39, 0.29) is 24.2 Å². The van der Waals surface area contributed by atoms with Gasteiger partial charge in [-0.05, 0) is 50.1 Å². The number of hydrogen-bond acceptors (Lipinski definition) is 3. The summed E-state index contributed by atoms with van der Waals surface area (Å²) in [6.45, 7) is 3.03. The predicted molar refractivity (Wildman–Crippen MR) is 104 cm³/mol. The molecule has 1 saturated heterocycles. The SMILES string of the molecule is COc1ccccc1-c1cccc(NC(=O)[C@H]2CCN[C@@H](C)C2)c1.Cl. The highest BCUT2D eigenvalue weighted by Gasteiger charge is 2.24. The van der Waals surface area contributed by atoms with E-state index in [1.165, 1.54) is 0 Å². The molecule has 25 heavy (non-hydrogen) atoms. The number of para-hydroxylation sites is 1. The summed E-state index contributed by atoms with van der Waals surface area (Å²) in [4.78, 5) is 12.5. The number of benzene rings is 2. The second-order valence-electron chi connectivity index (χ2n) is 6.35. The minimum atomic E-state index is 0. The molecule has 4 nitrogen and oxygen atoms in total. The lowest BCUT2D eigenvalue weighted by Gasteiger charge is -2.27. The Morgan fingerprint density at radius 1 is 1.20 bits per heavy atom. The van der Waals surface area contributed by atoms with E-state index < -0.39 is 0 Å². The molecule has 1 aliphatic heterocycles. The van der Waals surface area contributed by atoms with E-state index in [0.717, 1.165) is 42.0 Å². The number of halogens is 1. The zero-order valence-electron chi connectivity index (χ0n) is 14.6. The maximum Gasteiger partial charge on any atom is 0.227 e. The van der Waals surface area contributed by atoms with Crippen LogP contribution in [0.2, 0.25) is 0 Å². The molecule has 3 rings (SSSR count). The van der Waals surface area contributed by atoms with Gasteiger partial charge in [-0.15, -0.1) is 12.4 Å². The van der Waals surface area contributed by atoms with Gasteiger partial charge >= 0.3 is 0 Å². The molecule has 5 heteroatoms. The third-order valence-electron chi connectivity index (χ3n) is 4.54. The Labute approximate surface area is 155 Å². The van der Waals surface area contributed by atoms with Gasteiger partial charge in [0.25, 0.3) is 0 Å². The van der Waals surface area contributed by atoms with Crippen LogP contribution in [0.3, 0.4) is 0 Å². The van der Waals surface area contributed by atoms with Crippen LogP contribution in [0.15, 0.2) is 48.5 Å². The number of carbonyl (C=O) groups excluding carboxylic acids is 1. The highest BCUT2D eigenvalue weighted by molar-refractivity contribution is 5.93. The number of hydrogen-bond donors (Lipinski definition) is 2. The van der Waals surface area contributed by atoms with Crippen LogP contribution in [0.4, 0.5) is 5.69 Å². The van der Waals surface area contributed by atoms with E-state index in [1.807, 2.05) is 48.5 Å². The molecule has 0 aliphatic carbocycles. The van der Waals surface area contributed by atoms with Crippen LogP contribution in [0.1, 0.15) is 19.8 Å². The van der Waals surface area contributed by atoms with Crippen LogP contribution in [0.5, 0.6) is 5.75 Å². The molecule has 2 atom stereocenters. The van der Waals surface area contributed by atoms with Crippen molar-refractivity contribution in [3.8, 4) is 16.9 Å².